The van der Waals surface area contributed by atoms with Crippen LogP contribution in [0.2, 0.25) is 0 Å². The number of aryl methyl sites for hydroxylation is 1. The molecule has 1 aromatic carbocycles. The molecule has 0 amide bonds. The first-order chi connectivity index (χ1) is 10.5. The summed E-state index contributed by atoms with van der Waals surface area (Å²) in [6.07, 6.45) is 1.83. The van der Waals surface area contributed by atoms with Crippen molar-refractivity contribution in [2.24, 2.45) is 0 Å². The molecule has 0 atom stereocenters. The lowest BCUT2D eigenvalue weighted by Crippen LogP contribution is -2.26. The summed E-state index contributed by atoms with van der Waals surface area (Å²) in [4.78, 5) is 11.1. The fourth-order valence-corrected chi connectivity index (χ4v) is 2.43. The van der Waals surface area contributed by atoms with Crippen molar-refractivity contribution in [2.75, 3.05) is 13.6 Å². The first-order valence-electron chi connectivity index (χ1n) is 6.91. The molecular formula is C15H17N5O2. The molecule has 1 aliphatic heterocycles. The number of hydrogen-bond acceptors (Lipinski definition) is 5. The predicted molar refractivity (Wildman–Crippen MR) is 81.4 cm³/mol. The van der Waals surface area contributed by atoms with Crippen LogP contribution in [0, 0.1) is 6.92 Å². The maximum atomic E-state index is 11.1. The highest BCUT2D eigenvalue weighted by atomic mass is 16.4. The maximum Gasteiger partial charge on any atom is 0.335 e. The summed E-state index contributed by atoms with van der Waals surface area (Å²) < 4.78 is 1.62. The third-order valence-corrected chi connectivity index (χ3v) is 3.94. The van der Waals surface area contributed by atoms with Crippen LogP contribution in [0.15, 0.2) is 30.1 Å². The van der Waals surface area contributed by atoms with Gasteiger partial charge in [0.05, 0.1) is 17.4 Å². The van der Waals surface area contributed by atoms with E-state index in [-0.39, 0.29) is 5.56 Å². The predicted octanol–water partition coefficient (Wildman–Crippen LogP) is 1.45. The van der Waals surface area contributed by atoms with E-state index in [1.54, 1.807) is 22.9 Å². The SMILES string of the molecule is CC1=C(c2cn(-c3cc(C(=O)O)ccc3C)nn2)CNN1C. The van der Waals surface area contributed by atoms with Crippen LogP contribution in [0.1, 0.15) is 28.5 Å². The van der Waals surface area contributed by atoms with Crippen LogP contribution in [-0.2, 0) is 0 Å². The highest BCUT2D eigenvalue weighted by Crippen LogP contribution is 2.23. The van der Waals surface area contributed by atoms with E-state index in [1.165, 1.54) is 0 Å². The summed E-state index contributed by atoms with van der Waals surface area (Å²) in [5.41, 5.74) is 8.07. The molecule has 3 rings (SSSR count). The highest BCUT2D eigenvalue weighted by Gasteiger charge is 2.19. The van der Waals surface area contributed by atoms with Crippen LogP contribution in [0.3, 0.4) is 0 Å². The summed E-state index contributed by atoms with van der Waals surface area (Å²) in [5, 5.41) is 19.4. The molecule has 2 heterocycles. The van der Waals surface area contributed by atoms with Crippen LogP contribution in [0.5, 0.6) is 0 Å². The van der Waals surface area contributed by atoms with Gasteiger partial charge in [-0.25, -0.2) is 14.9 Å². The monoisotopic (exact) mass is 299 g/mol. The van der Waals surface area contributed by atoms with Crippen LogP contribution in [-0.4, -0.2) is 44.7 Å². The number of carbonyl (C=O) groups is 1. The molecule has 2 aromatic rings. The molecule has 7 heteroatoms. The molecular weight excluding hydrogens is 282 g/mol. The number of hydrogen-bond donors (Lipinski definition) is 2. The third kappa shape index (κ3) is 2.35. The van der Waals surface area contributed by atoms with E-state index in [2.05, 4.69) is 15.7 Å². The van der Waals surface area contributed by atoms with Crippen molar-refractivity contribution in [2.45, 2.75) is 13.8 Å². The summed E-state index contributed by atoms with van der Waals surface area (Å²) in [7, 11) is 1.95. The number of nitrogens with one attached hydrogen (secondary N) is 1. The van der Waals surface area contributed by atoms with Gasteiger partial charge in [0, 0.05) is 24.9 Å². The molecule has 0 spiro atoms. The number of aromatic carboxylic acids is 1. The van der Waals surface area contributed by atoms with Gasteiger partial charge in [0.1, 0.15) is 5.69 Å². The van der Waals surface area contributed by atoms with Gasteiger partial charge in [0.2, 0.25) is 0 Å². The van der Waals surface area contributed by atoms with Gasteiger partial charge in [-0.3, -0.25) is 0 Å². The smallest absolute Gasteiger partial charge is 0.335 e. The number of allylic oxidation sites excluding steroid dienone is 1. The Hall–Kier alpha value is -2.67. The highest BCUT2D eigenvalue weighted by molar-refractivity contribution is 5.88. The number of nitrogens with zero attached hydrogens (tertiary/aromatic N) is 4. The van der Waals surface area contributed by atoms with Gasteiger partial charge in [-0.15, -0.1) is 5.10 Å². The van der Waals surface area contributed by atoms with Crippen LogP contribution in [0.4, 0.5) is 0 Å². The Morgan fingerprint density at radius 1 is 1.36 bits per heavy atom. The van der Waals surface area contributed by atoms with E-state index in [1.807, 2.05) is 32.1 Å². The standard InChI is InChI=1S/C15H17N5O2/c1-9-4-5-11(15(21)22)6-14(9)20-8-13(17-18-20)12-7-16-19(3)10(12)2/h4-6,8,16H,7H2,1-3H3,(H,21,22). The van der Waals surface area contributed by atoms with E-state index in [0.29, 0.717) is 6.54 Å². The molecule has 1 aliphatic rings. The van der Waals surface area contributed by atoms with Crippen molar-refractivity contribution in [3.05, 3.63) is 46.9 Å². The molecule has 0 unspecified atom stereocenters. The van der Waals surface area contributed by atoms with Crippen LogP contribution in [0.25, 0.3) is 11.3 Å². The Kier molecular flexibility index (Phi) is 3.42. The Morgan fingerprint density at radius 3 is 2.77 bits per heavy atom. The second kappa shape index (κ2) is 5.27. The molecule has 0 saturated carbocycles. The molecule has 0 saturated heterocycles. The molecule has 2 N–H and O–H groups in total. The number of benzene rings is 1. The van der Waals surface area contributed by atoms with Crippen LogP contribution >= 0.6 is 0 Å². The fourth-order valence-electron chi connectivity index (χ4n) is 2.43. The second-order valence-electron chi connectivity index (χ2n) is 5.31. The summed E-state index contributed by atoms with van der Waals surface area (Å²) in [5.74, 6) is -0.957. The summed E-state index contributed by atoms with van der Waals surface area (Å²) in [6.45, 7) is 4.64. The lowest BCUT2D eigenvalue weighted by molar-refractivity contribution is 0.0697. The van der Waals surface area contributed by atoms with E-state index in [4.69, 9.17) is 5.11 Å². The minimum absolute atomic E-state index is 0.232. The lowest BCUT2D eigenvalue weighted by atomic mass is 10.1. The van der Waals surface area contributed by atoms with Crippen molar-refractivity contribution < 1.29 is 9.90 Å². The van der Waals surface area contributed by atoms with E-state index >= 15 is 0 Å². The molecule has 0 aliphatic carbocycles. The zero-order chi connectivity index (χ0) is 15.9. The number of carboxylic acids is 1. The Bertz CT molecular complexity index is 778. The Morgan fingerprint density at radius 2 is 2.14 bits per heavy atom. The van der Waals surface area contributed by atoms with Crippen molar-refractivity contribution >= 4 is 11.5 Å². The zero-order valence-corrected chi connectivity index (χ0v) is 12.7. The molecule has 114 valence electrons. The number of hydrazine groups is 1. The molecule has 1 aromatic heterocycles. The topological polar surface area (TPSA) is 83.3 Å². The average molecular weight is 299 g/mol. The van der Waals surface area contributed by atoms with Gasteiger partial charge in [-0.05, 0) is 31.5 Å². The quantitative estimate of drug-likeness (QED) is 0.892. The van der Waals surface area contributed by atoms with Crippen molar-refractivity contribution in [3.8, 4) is 5.69 Å². The third-order valence-electron chi connectivity index (χ3n) is 3.94. The van der Waals surface area contributed by atoms with Crippen molar-refractivity contribution in [1.29, 1.82) is 0 Å². The van der Waals surface area contributed by atoms with Gasteiger partial charge in [0.15, 0.2) is 0 Å². The number of carboxylic acid groups (broad SMARTS) is 1. The molecule has 0 fully saturated rings. The normalized spacial score (nSPS) is 14.8. The lowest BCUT2D eigenvalue weighted by Gasteiger charge is -2.11. The minimum atomic E-state index is -0.957. The largest absolute Gasteiger partial charge is 0.478 e. The van der Waals surface area contributed by atoms with E-state index in [0.717, 1.165) is 28.2 Å². The Balaban J connectivity index is 2.01. The van der Waals surface area contributed by atoms with Gasteiger partial charge < -0.3 is 10.1 Å². The van der Waals surface area contributed by atoms with Gasteiger partial charge in [-0.2, -0.15) is 0 Å². The Labute approximate surface area is 127 Å². The zero-order valence-electron chi connectivity index (χ0n) is 12.7. The first kappa shape index (κ1) is 14.3. The van der Waals surface area contributed by atoms with Crippen molar-refractivity contribution in [3.63, 3.8) is 0 Å². The van der Waals surface area contributed by atoms with E-state index < -0.39 is 5.97 Å². The average Bonchev–Trinajstić information content (AvgIpc) is 3.07. The molecule has 7 nitrogen and oxygen atoms in total. The first-order valence-corrected chi connectivity index (χ1v) is 6.91. The summed E-state index contributed by atoms with van der Waals surface area (Å²) in [6, 6.07) is 4.97. The van der Waals surface area contributed by atoms with Gasteiger partial charge in [-0.1, -0.05) is 11.3 Å². The summed E-state index contributed by atoms with van der Waals surface area (Å²) >= 11 is 0. The van der Waals surface area contributed by atoms with Gasteiger partial charge >= 0.3 is 5.97 Å². The second-order valence-corrected chi connectivity index (χ2v) is 5.31. The maximum absolute atomic E-state index is 11.1. The van der Waals surface area contributed by atoms with Crippen LogP contribution < -0.4 is 5.43 Å². The molecule has 0 bridgehead atoms. The molecule has 0 radical (unpaired) electrons. The van der Waals surface area contributed by atoms with Crippen molar-refractivity contribution in [1.82, 2.24) is 25.4 Å². The number of aromatic nitrogens is 3. The van der Waals surface area contributed by atoms with Gasteiger partial charge in [0.25, 0.3) is 0 Å². The fraction of sp³-hybridized carbons (Fsp3) is 0.267. The minimum Gasteiger partial charge on any atom is -0.478 e. The van der Waals surface area contributed by atoms with E-state index in [9.17, 15) is 4.79 Å². The number of rotatable bonds is 3. The molecule has 22 heavy (non-hydrogen) atoms.